The molecule has 0 aromatic heterocycles. The highest BCUT2D eigenvalue weighted by molar-refractivity contribution is 7.89. The van der Waals surface area contributed by atoms with Crippen molar-refractivity contribution in [2.24, 2.45) is 0 Å². The SMILES string of the molecule is CN(C)S(=O)(=O)c1ccc(CNC(=O)N2CCC(c3ccccc3)CC2)cc1. The highest BCUT2D eigenvalue weighted by Crippen LogP contribution is 2.27. The van der Waals surface area contributed by atoms with Gasteiger partial charge in [0.15, 0.2) is 0 Å². The fourth-order valence-corrected chi connectivity index (χ4v) is 4.32. The molecule has 1 saturated heterocycles. The van der Waals surface area contributed by atoms with Crippen LogP contribution in [0, 0.1) is 0 Å². The van der Waals surface area contributed by atoms with E-state index < -0.39 is 10.0 Å². The lowest BCUT2D eigenvalue weighted by molar-refractivity contribution is 0.181. The van der Waals surface area contributed by atoms with Gasteiger partial charge in [0.05, 0.1) is 4.90 Å². The molecule has 28 heavy (non-hydrogen) atoms. The monoisotopic (exact) mass is 401 g/mol. The fourth-order valence-electron chi connectivity index (χ4n) is 3.42. The van der Waals surface area contributed by atoms with Crippen molar-refractivity contribution in [2.45, 2.75) is 30.2 Å². The predicted molar refractivity (Wildman–Crippen MR) is 110 cm³/mol. The number of hydrogen-bond acceptors (Lipinski definition) is 3. The van der Waals surface area contributed by atoms with Gasteiger partial charge in [-0.3, -0.25) is 0 Å². The van der Waals surface area contributed by atoms with Gasteiger partial charge in [0.1, 0.15) is 0 Å². The molecule has 0 bridgehead atoms. The number of sulfonamides is 1. The summed E-state index contributed by atoms with van der Waals surface area (Å²) < 4.78 is 25.4. The summed E-state index contributed by atoms with van der Waals surface area (Å²) in [6.45, 7) is 1.86. The number of carbonyl (C=O) groups is 1. The van der Waals surface area contributed by atoms with Crippen LogP contribution in [0.25, 0.3) is 0 Å². The Morgan fingerprint density at radius 3 is 2.21 bits per heavy atom. The summed E-state index contributed by atoms with van der Waals surface area (Å²) in [5.74, 6) is 0.511. The maximum absolute atomic E-state index is 12.4. The highest BCUT2D eigenvalue weighted by atomic mass is 32.2. The van der Waals surface area contributed by atoms with Crippen molar-refractivity contribution in [1.29, 1.82) is 0 Å². The second-order valence-electron chi connectivity index (χ2n) is 7.26. The third-order valence-corrected chi connectivity index (χ3v) is 7.03. The molecule has 0 saturated carbocycles. The molecule has 0 spiro atoms. The molecule has 7 heteroatoms. The van der Waals surface area contributed by atoms with Gasteiger partial charge in [-0.15, -0.1) is 0 Å². The van der Waals surface area contributed by atoms with Crippen molar-refractivity contribution in [1.82, 2.24) is 14.5 Å². The zero-order valence-electron chi connectivity index (χ0n) is 16.3. The van der Waals surface area contributed by atoms with Crippen molar-refractivity contribution in [3.63, 3.8) is 0 Å². The summed E-state index contributed by atoms with van der Waals surface area (Å²) in [6, 6.07) is 17.0. The molecule has 0 atom stereocenters. The second kappa shape index (κ2) is 8.75. The van der Waals surface area contributed by atoms with Crippen LogP contribution in [0.3, 0.4) is 0 Å². The van der Waals surface area contributed by atoms with Crippen LogP contribution < -0.4 is 5.32 Å². The first-order valence-corrected chi connectivity index (χ1v) is 10.9. The lowest BCUT2D eigenvalue weighted by Crippen LogP contribution is -2.43. The molecule has 150 valence electrons. The molecule has 2 amide bonds. The largest absolute Gasteiger partial charge is 0.334 e. The quantitative estimate of drug-likeness (QED) is 0.837. The van der Waals surface area contributed by atoms with Gasteiger partial charge in [-0.05, 0) is 42.0 Å². The summed E-state index contributed by atoms with van der Waals surface area (Å²) in [5, 5.41) is 2.93. The molecule has 0 unspecified atom stereocenters. The summed E-state index contributed by atoms with van der Waals surface area (Å²) in [5.41, 5.74) is 2.21. The number of carbonyl (C=O) groups excluding carboxylic acids is 1. The Hall–Kier alpha value is -2.38. The minimum absolute atomic E-state index is 0.0727. The lowest BCUT2D eigenvalue weighted by Gasteiger charge is -2.32. The number of amides is 2. The summed E-state index contributed by atoms with van der Waals surface area (Å²) in [7, 11) is -0.424. The predicted octanol–water partition coefficient (Wildman–Crippen LogP) is 3.03. The van der Waals surface area contributed by atoms with E-state index in [0.717, 1.165) is 31.5 Å². The molecule has 1 aliphatic rings. The maximum atomic E-state index is 12.4. The van der Waals surface area contributed by atoms with Crippen molar-refractivity contribution < 1.29 is 13.2 Å². The van der Waals surface area contributed by atoms with Gasteiger partial charge < -0.3 is 10.2 Å². The normalized spacial score (nSPS) is 15.6. The summed E-state index contributed by atoms with van der Waals surface area (Å²) in [6.07, 6.45) is 1.93. The van der Waals surface area contributed by atoms with E-state index in [1.165, 1.54) is 24.0 Å². The van der Waals surface area contributed by atoms with E-state index in [1.807, 2.05) is 11.0 Å². The third kappa shape index (κ3) is 4.72. The van der Waals surface area contributed by atoms with E-state index in [0.29, 0.717) is 12.5 Å². The van der Waals surface area contributed by atoms with Gasteiger partial charge >= 0.3 is 6.03 Å². The standard InChI is InChI=1S/C21H27N3O3S/c1-23(2)28(26,27)20-10-8-17(9-11-20)16-22-21(25)24-14-12-19(13-15-24)18-6-4-3-5-7-18/h3-11,19H,12-16H2,1-2H3,(H,22,25). The van der Waals surface area contributed by atoms with E-state index in [1.54, 1.807) is 24.3 Å². The van der Waals surface area contributed by atoms with E-state index in [4.69, 9.17) is 0 Å². The van der Waals surface area contributed by atoms with Crippen LogP contribution in [0.1, 0.15) is 29.9 Å². The van der Waals surface area contributed by atoms with Crippen LogP contribution in [-0.4, -0.2) is 50.8 Å². The molecule has 0 aliphatic carbocycles. The summed E-state index contributed by atoms with van der Waals surface area (Å²) in [4.78, 5) is 14.5. The van der Waals surface area contributed by atoms with Crippen molar-refractivity contribution in [3.8, 4) is 0 Å². The first kappa shape index (κ1) is 20.4. The second-order valence-corrected chi connectivity index (χ2v) is 9.41. The van der Waals surface area contributed by atoms with Gasteiger partial charge in [-0.25, -0.2) is 17.5 Å². The highest BCUT2D eigenvalue weighted by Gasteiger charge is 2.23. The molecular formula is C21H27N3O3S. The third-order valence-electron chi connectivity index (χ3n) is 5.20. The zero-order valence-corrected chi connectivity index (χ0v) is 17.2. The molecule has 2 aromatic rings. The molecule has 6 nitrogen and oxygen atoms in total. The molecule has 2 aromatic carbocycles. The van der Waals surface area contributed by atoms with Gasteiger partial charge in [-0.1, -0.05) is 42.5 Å². The Bertz CT molecular complexity index is 888. The Morgan fingerprint density at radius 1 is 1.04 bits per heavy atom. The van der Waals surface area contributed by atoms with E-state index in [9.17, 15) is 13.2 Å². The number of urea groups is 1. The number of likely N-dealkylation sites (tertiary alicyclic amines) is 1. The minimum Gasteiger partial charge on any atom is -0.334 e. The van der Waals surface area contributed by atoms with E-state index >= 15 is 0 Å². The van der Waals surface area contributed by atoms with Crippen molar-refractivity contribution in [2.75, 3.05) is 27.2 Å². The minimum atomic E-state index is -3.43. The molecular weight excluding hydrogens is 374 g/mol. The zero-order chi connectivity index (χ0) is 20.1. The van der Waals surface area contributed by atoms with E-state index in [-0.39, 0.29) is 10.9 Å². The molecule has 1 heterocycles. The number of piperidine rings is 1. The Balaban J connectivity index is 1.50. The van der Waals surface area contributed by atoms with Crippen LogP contribution >= 0.6 is 0 Å². The number of rotatable bonds is 5. The Morgan fingerprint density at radius 2 is 1.64 bits per heavy atom. The van der Waals surface area contributed by atoms with Gasteiger partial charge in [0.25, 0.3) is 0 Å². The summed E-state index contributed by atoms with van der Waals surface area (Å²) >= 11 is 0. The first-order chi connectivity index (χ1) is 13.4. The van der Waals surface area contributed by atoms with Crippen LogP contribution in [0.4, 0.5) is 4.79 Å². The van der Waals surface area contributed by atoms with Crippen molar-refractivity contribution >= 4 is 16.1 Å². The number of nitrogens with zero attached hydrogens (tertiary/aromatic N) is 2. The first-order valence-electron chi connectivity index (χ1n) is 9.47. The number of benzene rings is 2. The van der Waals surface area contributed by atoms with Gasteiger partial charge in [0, 0.05) is 33.7 Å². The smallest absolute Gasteiger partial charge is 0.317 e. The topological polar surface area (TPSA) is 69.7 Å². The van der Waals surface area contributed by atoms with Crippen molar-refractivity contribution in [3.05, 3.63) is 65.7 Å². The van der Waals surface area contributed by atoms with Crippen LogP contribution in [0.5, 0.6) is 0 Å². The molecule has 3 rings (SSSR count). The maximum Gasteiger partial charge on any atom is 0.317 e. The molecule has 1 fully saturated rings. The molecule has 0 radical (unpaired) electrons. The number of hydrogen-bond donors (Lipinski definition) is 1. The lowest BCUT2D eigenvalue weighted by atomic mass is 9.90. The van der Waals surface area contributed by atoms with Crippen LogP contribution in [0.2, 0.25) is 0 Å². The van der Waals surface area contributed by atoms with Crippen LogP contribution in [-0.2, 0) is 16.6 Å². The molecule has 1 aliphatic heterocycles. The Labute approximate surface area is 167 Å². The molecule has 1 N–H and O–H groups in total. The van der Waals surface area contributed by atoms with Crippen LogP contribution in [0.15, 0.2) is 59.5 Å². The average molecular weight is 402 g/mol. The van der Waals surface area contributed by atoms with Gasteiger partial charge in [-0.2, -0.15) is 0 Å². The van der Waals surface area contributed by atoms with Gasteiger partial charge in [0.2, 0.25) is 10.0 Å². The number of nitrogens with one attached hydrogen (secondary N) is 1. The Kier molecular flexibility index (Phi) is 6.36. The fraction of sp³-hybridized carbons (Fsp3) is 0.381. The average Bonchev–Trinajstić information content (AvgIpc) is 2.73. The van der Waals surface area contributed by atoms with E-state index in [2.05, 4.69) is 29.6 Å².